The first kappa shape index (κ1) is 20.4. The standard InChI is InChI=1S/C23H31N3O2/c1-3-26(4-2)15-16-28-20-11-9-19(10-12-20)23(27)25-17-22-21-8-6-5-7-18(21)13-14-24-22/h5-12,22,24H,3-4,13-17H2,1-2H3,(H,25,27). The molecule has 0 aliphatic carbocycles. The van der Waals surface area contributed by atoms with Crippen molar-refractivity contribution in [1.29, 1.82) is 0 Å². The van der Waals surface area contributed by atoms with E-state index in [1.807, 2.05) is 24.3 Å². The molecule has 28 heavy (non-hydrogen) atoms. The summed E-state index contributed by atoms with van der Waals surface area (Å²) in [5.74, 6) is 0.742. The molecule has 0 radical (unpaired) electrons. The predicted molar refractivity (Wildman–Crippen MR) is 113 cm³/mol. The summed E-state index contributed by atoms with van der Waals surface area (Å²) in [6.07, 6.45) is 1.04. The maximum Gasteiger partial charge on any atom is 0.251 e. The number of ether oxygens (including phenoxy) is 1. The number of fused-ring (bicyclic) bond motifs is 1. The van der Waals surface area contributed by atoms with Gasteiger partial charge in [0.1, 0.15) is 12.4 Å². The average molecular weight is 382 g/mol. The van der Waals surface area contributed by atoms with Crippen molar-refractivity contribution < 1.29 is 9.53 Å². The van der Waals surface area contributed by atoms with Crippen molar-refractivity contribution in [3.8, 4) is 5.75 Å². The third-order valence-electron chi connectivity index (χ3n) is 5.37. The van der Waals surface area contributed by atoms with E-state index in [4.69, 9.17) is 4.74 Å². The number of nitrogens with zero attached hydrogens (tertiary/aromatic N) is 1. The fourth-order valence-corrected chi connectivity index (χ4v) is 3.61. The lowest BCUT2D eigenvalue weighted by atomic mass is 9.94. The van der Waals surface area contributed by atoms with E-state index in [0.29, 0.717) is 18.7 Å². The summed E-state index contributed by atoms with van der Waals surface area (Å²) >= 11 is 0. The van der Waals surface area contributed by atoms with Gasteiger partial charge in [0.25, 0.3) is 5.91 Å². The molecule has 1 aliphatic rings. The molecular formula is C23H31N3O2. The van der Waals surface area contributed by atoms with Crippen LogP contribution >= 0.6 is 0 Å². The summed E-state index contributed by atoms with van der Waals surface area (Å²) in [4.78, 5) is 14.8. The molecule has 2 N–H and O–H groups in total. The van der Waals surface area contributed by atoms with Gasteiger partial charge < -0.3 is 20.3 Å². The lowest BCUT2D eigenvalue weighted by Crippen LogP contribution is -2.38. The molecule has 0 saturated carbocycles. The minimum atomic E-state index is -0.0560. The van der Waals surface area contributed by atoms with Crippen molar-refractivity contribution >= 4 is 5.91 Å². The summed E-state index contributed by atoms with van der Waals surface area (Å²) < 4.78 is 5.79. The van der Waals surface area contributed by atoms with E-state index in [9.17, 15) is 4.79 Å². The Morgan fingerprint density at radius 3 is 2.64 bits per heavy atom. The highest BCUT2D eigenvalue weighted by molar-refractivity contribution is 5.94. The molecule has 2 aromatic carbocycles. The Hall–Kier alpha value is -2.37. The van der Waals surface area contributed by atoms with Gasteiger partial charge in [-0.05, 0) is 61.4 Å². The van der Waals surface area contributed by atoms with Crippen LogP contribution in [0, 0.1) is 0 Å². The van der Waals surface area contributed by atoms with Crippen LogP contribution in [0.25, 0.3) is 0 Å². The molecule has 5 nitrogen and oxygen atoms in total. The maximum atomic E-state index is 12.5. The quantitative estimate of drug-likeness (QED) is 0.701. The highest BCUT2D eigenvalue weighted by atomic mass is 16.5. The Morgan fingerprint density at radius 2 is 1.89 bits per heavy atom. The Labute approximate surface area is 168 Å². The van der Waals surface area contributed by atoms with Crippen LogP contribution in [0.5, 0.6) is 5.75 Å². The zero-order chi connectivity index (χ0) is 19.8. The lowest BCUT2D eigenvalue weighted by molar-refractivity contribution is 0.0949. The molecule has 1 aliphatic heterocycles. The van der Waals surface area contributed by atoms with Gasteiger partial charge in [0.2, 0.25) is 0 Å². The SMILES string of the molecule is CCN(CC)CCOc1ccc(C(=O)NCC2NCCc3ccccc32)cc1. The number of carbonyl (C=O) groups excluding carboxylic acids is 1. The number of carbonyl (C=O) groups is 1. The zero-order valence-corrected chi connectivity index (χ0v) is 16.9. The van der Waals surface area contributed by atoms with Crippen molar-refractivity contribution in [1.82, 2.24) is 15.5 Å². The second-order valence-electron chi connectivity index (χ2n) is 7.07. The number of rotatable bonds is 9. The minimum absolute atomic E-state index is 0.0560. The first-order valence-electron chi connectivity index (χ1n) is 10.3. The number of hydrogen-bond donors (Lipinski definition) is 2. The van der Waals surface area contributed by atoms with E-state index in [2.05, 4.69) is 53.6 Å². The smallest absolute Gasteiger partial charge is 0.251 e. The molecule has 0 saturated heterocycles. The van der Waals surface area contributed by atoms with E-state index in [-0.39, 0.29) is 11.9 Å². The minimum Gasteiger partial charge on any atom is -0.492 e. The summed E-state index contributed by atoms with van der Waals surface area (Å²) in [5, 5.41) is 6.55. The summed E-state index contributed by atoms with van der Waals surface area (Å²) in [7, 11) is 0. The third kappa shape index (κ3) is 5.33. The van der Waals surface area contributed by atoms with E-state index in [1.165, 1.54) is 11.1 Å². The van der Waals surface area contributed by atoms with Gasteiger partial charge in [-0.2, -0.15) is 0 Å². The second kappa shape index (κ2) is 10.2. The Kier molecular flexibility index (Phi) is 7.46. The lowest BCUT2D eigenvalue weighted by Gasteiger charge is -2.27. The number of hydrogen-bond acceptors (Lipinski definition) is 4. The van der Waals surface area contributed by atoms with Crippen LogP contribution in [0.1, 0.15) is 41.4 Å². The van der Waals surface area contributed by atoms with Gasteiger partial charge >= 0.3 is 0 Å². The highest BCUT2D eigenvalue weighted by Gasteiger charge is 2.19. The van der Waals surface area contributed by atoms with Crippen molar-refractivity contribution in [3.05, 3.63) is 65.2 Å². The fourth-order valence-electron chi connectivity index (χ4n) is 3.61. The summed E-state index contributed by atoms with van der Waals surface area (Å²) in [6.45, 7) is 9.44. The van der Waals surface area contributed by atoms with E-state index < -0.39 is 0 Å². The van der Waals surface area contributed by atoms with Crippen molar-refractivity contribution in [2.45, 2.75) is 26.3 Å². The summed E-state index contributed by atoms with van der Waals surface area (Å²) in [5.41, 5.74) is 3.30. The molecule has 0 spiro atoms. The predicted octanol–water partition coefficient (Wildman–Crippen LogP) is 3.02. The van der Waals surface area contributed by atoms with Gasteiger partial charge in [-0.25, -0.2) is 0 Å². The van der Waals surface area contributed by atoms with Crippen LogP contribution in [-0.2, 0) is 6.42 Å². The van der Waals surface area contributed by atoms with Gasteiger partial charge in [0.15, 0.2) is 0 Å². The van der Waals surface area contributed by atoms with Crippen molar-refractivity contribution in [2.24, 2.45) is 0 Å². The van der Waals surface area contributed by atoms with Crippen LogP contribution < -0.4 is 15.4 Å². The molecule has 3 rings (SSSR count). The molecule has 0 fully saturated rings. The molecule has 1 heterocycles. The van der Waals surface area contributed by atoms with Crippen LogP contribution in [0.3, 0.4) is 0 Å². The van der Waals surface area contributed by atoms with E-state index in [1.54, 1.807) is 0 Å². The first-order chi connectivity index (χ1) is 13.7. The topological polar surface area (TPSA) is 53.6 Å². The zero-order valence-electron chi connectivity index (χ0n) is 16.9. The number of amides is 1. The average Bonchev–Trinajstić information content (AvgIpc) is 2.75. The van der Waals surface area contributed by atoms with Crippen LogP contribution in [0.2, 0.25) is 0 Å². The molecule has 150 valence electrons. The molecule has 1 unspecified atom stereocenters. The molecular weight excluding hydrogens is 350 g/mol. The van der Waals surface area contributed by atoms with E-state index >= 15 is 0 Å². The maximum absolute atomic E-state index is 12.5. The van der Waals surface area contributed by atoms with Gasteiger partial charge in [-0.15, -0.1) is 0 Å². The van der Waals surface area contributed by atoms with E-state index in [0.717, 1.165) is 38.3 Å². The van der Waals surface area contributed by atoms with Gasteiger partial charge in [-0.3, -0.25) is 4.79 Å². The number of likely N-dealkylation sites (N-methyl/N-ethyl adjacent to an activating group) is 1. The molecule has 0 bridgehead atoms. The van der Waals surface area contributed by atoms with Crippen LogP contribution in [0.4, 0.5) is 0 Å². The molecule has 2 aromatic rings. The van der Waals surface area contributed by atoms with Crippen molar-refractivity contribution in [2.75, 3.05) is 39.3 Å². The van der Waals surface area contributed by atoms with Gasteiger partial charge in [0.05, 0.1) is 0 Å². The normalized spacial score (nSPS) is 15.9. The summed E-state index contributed by atoms with van der Waals surface area (Å²) in [6, 6.07) is 16.0. The molecule has 1 amide bonds. The second-order valence-corrected chi connectivity index (χ2v) is 7.07. The Bertz CT molecular complexity index is 757. The number of benzene rings is 2. The van der Waals surface area contributed by atoms with Gasteiger partial charge in [-0.1, -0.05) is 38.1 Å². The Balaban J connectivity index is 1.49. The van der Waals surface area contributed by atoms with Crippen LogP contribution in [0.15, 0.2) is 48.5 Å². The monoisotopic (exact) mass is 381 g/mol. The highest BCUT2D eigenvalue weighted by Crippen LogP contribution is 2.22. The fraction of sp³-hybridized carbons (Fsp3) is 0.435. The molecule has 0 aromatic heterocycles. The third-order valence-corrected chi connectivity index (χ3v) is 5.37. The number of nitrogens with one attached hydrogen (secondary N) is 2. The largest absolute Gasteiger partial charge is 0.492 e. The molecule has 1 atom stereocenters. The Morgan fingerprint density at radius 1 is 1.14 bits per heavy atom. The van der Waals surface area contributed by atoms with Crippen molar-refractivity contribution in [3.63, 3.8) is 0 Å². The first-order valence-corrected chi connectivity index (χ1v) is 10.3. The van der Waals surface area contributed by atoms with Crippen LogP contribution in [-0.4, -0.2) is 50.1 Å². The molecule has 5 heteroatoms. The van der Waals surface area contributed by atoms with Gasteiger partial charge in [0, 0.05) is 24.7 Å².